The van der Waals surface area contributed by atoms with Crippen molar-refractivity contribution in [1.29, 1.82) is 0 Å². The van der Waals surface area contributed by atoms with Crippen molar-refractivity contribution in [2.45, 2.75) is 10.8 Å². The molecule has 0 heterocycles. The maximum absolute atomic E-state index is 2.50. The molecule has 0 fully saturated rings. The summed E-state index contributed by atoms with van der Waals surface area (Å²) in [5.41, 5.74) is 24.8. The molecule has 0 aromatic heterocycles. The fourth-order valence-corrected chi connectivity index (χ4v) is 12.7. The molecule has 2 aliphatic rings. The van der Waals surface area contributed by atoms with Crippen LogP contribution in [0.5, 0.6) is 0 Å². The minimum absolute atomic E-state index is 0.537. The summed E-state index contributed by atoms with van der Waals surface area (Å²) in [6.07, 6.45) is 0. The lowest BCUT2D eigenvalue weighted by molar-refractivity contribution is 0.624. The topological polar surface area (TPSA) is 3.24 Å². The van der Waals surface area contributed by atoms with Crippen molar-refractivity contribution in [3.05, 3.63) is 354 Å². The van der Waals surface area contributed by atoms with Gasteiger partial charge < -0.3 is 4.90 Å². The Morgan fingerprint density at radius 1 is 0.187 bits per heavy atom. The predicted molar refractivity (Wildman–Crippen MR) is 312 cm³/mol. The van der Waals surface area contributed by atoms with Crippen molar-refractivity contribution in [3.8, 4) is 55.6 Å². The zero-order valence-electron chi connectivity index (χ0n) is 41.4. The van der Waals surface area contributed by atoms with E-state index in [-0.39, 0.29) is 0 Å². The molecule has 0 saturated carbocycles. The van der Waals surface area contributed by atoms with E-state index in [0.717, 1.165) is 17.1 Å². The van der Waals surface area contributed by atoms with E-state index in [2.05, 4.69) is 314 Å². The van der Waals surface area contributed by atoms with Gasteiger partial charge in [0, 0.05) is 17.1 Å². The lowest BCUT2D eigenvalue weighted by Gasteiger charge is -2.50. The quantitative estimate of drug-likeness (QED) is 0.139. The van der Waals surface area contributed by atoms with E-state index in [9.17, 15) is 0 Å². The van der Waals surface area contributed by atoms with Gasteiger partial charge in [0.05, 0.1) is 10.8 Å². The van der Waals surface area contributed by atoms with E-state index in [1.165, 1.54) is 100 Å². The molecule has 1 heteroatoms. The lowest BCUT2D eigenvalue weighted by Crippen LogP contribution is -2.44. The van der Waals surface area contributed by atoms with Crippen molar-refractivity contribution in [1.82, 2.24) is 0 Å². The number of rotatable bonds is 9. The smallest absolute Gasteiger partial charge is 0.0720 e. The van der Waals surface area contributed by atoms with Gasteiger partial charge in [-0.1, -0.05) is 267 Å². The second-order valence-corrected chi connectivity index (χ2v) is 19.9. The van der Waals surface area contributed by atoms with Crippen LogP contribution in [0.2, 0.25) is 0 Å². The van der Waals surface area contributed by atoms with Crippen molar-refractivity contribution >= 4 is 17.1 Å². The first kappa shape index (κ1) is 44.2. The highest BCUT2D eigenvalue weighted by molar-refractivity contribution is 5.92. The maximum Gasteiger partial charge on any atom is 0.0720 e. The van der Waals surface area contributed by atoms with E-state index in [0.29, 0.717) is 0 Å². The van der Waals surface area contributed by atoms with Gasteiger partial charge in [-0.15, -0.1) is 0 Å². The van der Waals surface area contributed by atoms with Crippen LogP contribution in [0.4, 0.5) is 17.1 Å². The molecule has 2 aliphatic carbocycles. The minimum atomic E-state index is -0.550. The molecule has 75 heavy (non-hydrogen) atoms. The van der Waals surface area contributed by atoms with Crippen molar-refractivity contribution in [3.63, 3.8) is 0 Å². The van der Waals surface area contributed by atoms with Gasteiger partial charge in [-0.3, -0.25) is 0 Å². The Balaban J connectivity index is 0.841. The third kappa shape index (κ3) is 7.08. The average Bonchev–Trinajstić information content (AvgIpc) is 4.02. The molecule has 0 amide bonds. The Labute approximate surface area is 440 Å². The number of fused-ring (bicyclic) bond motifs is 9. The minimum Gasteiger partial charge on any atom is -0.311 e. The molecule has 12 aromatic carbocycles. The molecule has 12 aromatic rings. The first-order chi connectivity index (χ1) is 37.2. The summed E-state index contributed by atoms with van der Waals surface area (Å²) >= 11 is 0. The molecule has 0 radical (unpaired) electrons. The van der Waals surface area contributed by atoms with Gasteiger partial charge in [-0.25, -0.2) is 0 Å². The number of benzene rings is 12. The molecule has 352 valence electrons. The normalized spacial score (nSPS) is 13.3. The maximum atomic E-state index is 2.50. The zero-order chi connectivity index (χ0) is 49.8. The predicted octanol–water partition coefficient (Wildman–Crippen LogP) is 18.9. The summed E-state index contributed by atoms with van der Waals surface area (Å²) in [5.74, 6) is 0. The van der Waals surface area contributed by atoms with E-state index in [1.807, 2.05) is 0 Å². The van der Waals surface area contributed by atoms with Crippen LogP contribution in [0.15, 0.2) is 309 Å². The first-order valence-corrected chi connectivity index (χ1v) is 26.1. The standard InChI is InChI=1S/C74H51N/c1-5-19-52(20-6-1)55-37-44-62(45-38-55)75(63-46-39-56(40-47-63)53-21-7-2-8-22-53)64-48-41-57(42-49-64)54-33-35-58(36-34-54)59-43-50-66-65-27-13-14-28-67(65)74(72(66)51-59)70-31-17-15-29-68(70)73(60-23-9-3-10-24-60,61-25-11-4-12-26-61)69-30-16-18-32-71(69)74/h1-51H. The van der Waals surface area contributed by atoms with E-state index < -0.39 is 10.8 Å². The zero-order valence-corrected chi connectivity index (χ0v) is 41.4. The molecule has 0 bridgehead atoms. The summed E-state index contributed by atoms with van der Waals surface area (Å²) in [6.45, 7) is 0. The second-order valence-electron chi connectivity index (χ2n) is 19.9. The number of nitrogens with zero attached hydrogens (tertiary/aromatic N) is 1. The largest absolute Gasteiger partial charge is 0.311 e. The summed E-state index contributed by atoms with van der Waals surface area (Å²) < 4.78 is 0. The highest BCUT2D eigenvalue weighted by Crippen LogP contribution is 2.64. The van der Waals surface area contributed by atoms with Crippen LogP contribution in [0, 0.1) is 0 Å². The SMILES string of the molecule is c1ccc(-c2ccc(N(c3ccc(-c4ccccc4)cc3)c3ccc(-c4ccc(-c5ccc6c(c5)C5(c7ccccc7-6)c6ccccc6C(c6ccccc6)(c6ccccc6)c6ccccc65)cc4)cc3)cc2)cc1. The van der Waals surface area contributed by atoms with Gasteiger partial charge in [0.1, 0.15) is 0 Å². The summed E-state index contributed by atoms with van der Waals surface area (Å²) in [6, 6.07) is 114. The Hall–Kier alpha value is -9.56. The highest BCUT2D eigenvalue weighted by atomic mass is 15.1. The van der Waals surface area contributed by atoms with E-state index in [1.54, 1.807) is 0 Å². The Morgan fingerprint density at radius 2 is 0.467 bits per heavy atom. The third-order valence-electron chi connectivity index (χ3n) is 16.1. The molecule has 14 rings (SSSR count). The van der Waals surface area contributed by atoms with Crippen molar-refractivity contribution in [2.24, 2.45) is 0 Å². The lowest BCUT2D eigenvalue weighted by atomic mass is 9.51. The van der Waals surface area contributed by atoms with Gasteiger partial charge in [-0.2, -0.15) is 0 Å². The van der Waals surface area contributed by atoms with Crippen LogP contribution in [0.25, 0.3) is 55.6 Å². The van der Waals surface area contributed by atoms with E-state index in [4.69, 9.17) is 0 Å². The number of hydrogen-bond acceptors (Lipinski definition) is 1. The number of anilines is 3. The van der Waals surface area contributed by atoms with Crippen molar-refractivity contribution in [2.75, 3.05) is 4.90 Å². The third-order valence-corrected chi connectivity index (χ3v) is 16.1. The first-order valence-electron chi connectivity index (χ1n) is 26.1. The summed E-state index contributed by atoms with van der Waals surface area (Å²) in [4.78, 5) is 2.35. The molecule has 0 unspecified atom stereocenters. The monoisotopic (exact) mass is 953 g/mol. The number of hydrogen-bond donors (Lipinski definition) is 0. The fourth-order valence-electron chi connectivity index (χ4n) is 12.7. The summed E-state index contributed by atoms with van der Waals surface area (Å²) in [5, 5.41) is 0. The molecule has 0 saturated heterocycles. The van der Waals surface area contributed by atoms with Crippen LogP contribution < -0.4 is 4.90 Å². The Kier molecular flexibility index (Phi) is 10.7. The van der Waals surface area contributed by atoms with Crippen LogP contribution in [-0.4, -0.2) is 0 Å². The van der Waals surface area contributed by atoms with Gasteiger partial charge in [-0.05, 0) is 143 Å². The van der Waals surface area contributed by atoms with Gasteiger partial charge in [0.2, 0.25) is 0 Å². The van der Waals surface area contributed by atoms with Crippen LogP contribution in [0.3, 0.4) is 0 Å². The van der Waals surface area contributed by atoms with E-state index >= 15 is 0 Å². The Morgan fingerprint density at radius 3 is 0.880 bits per heavy atom. The molecule has 1 spiro atoms. The molecular formula is C74H51N. The molecule has 0 aliphatic heterocycles. The van der Waals surface area contributed by atoms with Gasteiger partial charge >= 0.3 is 0 Å². The van der Waals surface area contributed by atoms with Crippen LogP contribution in [0.1, 0.15) is 44.5 Å². The van der Waals surface area contributed by atoms with Crippen molar-refractivity contribution < 1.29 is 0 Å². The molecule has 0 atom stereocenters. The molecule has 0 N–H and O–H groups in total. The van der Waals surface area contributed by atoms with Gasteiger partial charge in [0.25, 0.3) is 0 Å². The van der Waals surface area contributed by atoms with Gasteiger partial charge in [0.15, 0.2) is 0 Å². The van der Waals surface area contributed by atoms with Crippen LogP contribution in [-0.2, 0) is 10.8 Å². The average molecular weight is 954 g/mol. The fraction of sp³-hybridized carbons (Fsp3) is 0.0270. The molecule has 1 nitrogen and oxygen atoms in total. The summed E-state index contributed by atoms with van der Waals surface area (Å²) in [7, 11) is 0. The second kappa shape index (κ2) is 18.2. The van der Waals surface area contributed by atoms with Crippen LogP contribution >= 0.6 is 0 Å². The molecular weight excluding hydrogens is 903 g/mol. The Bertz CT molecular complexity index is 3820. The highest BCUT2D eigenvalue weighted by Gasteiger charge is 2.56.